The van der Waals surface area contributed by atoms with E-state index in [0.29, 0.717) is 16.6 Å². The van der Waals surface area contributed by atoms with Crippen molar-refractivity contribution in [3.8, 4) is 0 Å². The molecular formula is C16H13F2NO3S. The molecule has 1 N–H and O–H groups in total. The number of anilines is 1. The van der Waals surface area contributed by atoms with Crippen LogP contribution in [0.3, 0.4) is 0 Å². The van der Waals surface area contributed by atoms with E-state index in [-0.39, 0.29) is 5.56 Å². The van der Waals surface area contributed by atoms with Gasteiger partial charge in [0.1, 0.15) is 16.6 Å². The lowest BCUT2D eigenvalue weighted by Gasteiger charge is -2.07. The number of hydrogen-bond acceptors (Lipinski definition) is 4. The smallest absolute Gasteiger partial charge is 0.341 e. The molecule has 1 aliphatic rings. The summed E-state index contributed by atoms with van der Waals surface area (Å²) in [6.45, 7) is 0. The second-order valence-electron chi connectivity index (χ2n) is 5.17. The minimum atomic E-state index is -0.836. The Labute approximate surface area is 135 Å². The van der Waals surface area contributed by atoms with Gasteiger partial charge in [0.2, 0.25) is 0 Å². The Morgan fingerprint density at radius 2 is 1.87 bits per heavy atom. The third-order valence-corrected chi connectivity index (χ3v) is 4.87. The molecule has 1 aromatic heterocycles. The summed E-state index contributed by atoms with van der Waals surface area (Å²) in [5.74, 6) is -2.87. The molecule has 0 bridgehead atoms. The number of ether oxygens (including phenoxy) is 1. The van der Waals surface area contributed by atoms with Crippen LogP contribution in [0, 0.1) is 11.6 Å². The molecule has 0 spiro atoms. The number of fused-ring (bicyclic) bond motifs is 1. The van der Waals surface area contributed by atoms with Crippen LogP contribution >= 0.6 is 11.3 Å². The van der Waals surface area contributed by atoms with Crippen molar-refractivity contribution in [2.45, 2.75) is 19.3 Å². The Morgan fingerprint density at radius 3 is 2.52 bits per heavy atom. The van der Waals surface area contributed by atoms with Gasteiger partial charge in [0, 0.05) is 16.5 Å². The second-order valence-corrected chi connectivity index (χ2v) is 6.27. The molecule has 2 aromatic rings. The number of nitrogens with one attached hydrogen (secondary N) is 1. The highest BCUT2D eigenvalue weighted by Crippen LogP contribution is 2.39. The molecule has 0 atom stereocenters. The zero-order valence-electron chi connectivity index (χ0n) is 12.2. The van der Waals surface area contributed by atoms with Crippen molar-refractivity contribution < 1.29 is 23.1 Å². The SMILES string of the molecule is COC(=O)c1c(NC(=O)c2cc(F)cc(F)c2)sc2c1CCC2. The van der Waals surface area contributed by atoms with Crippen molar-refractivity contribution >= 4 is 28.2 Å². The summed E-state index contributed by atoms with van der Waals surface area (Å²) in [6, 6.07) is 2.57. The molecule has 3 rings (SSSR count). The summed E-state index contributed by atoms with van der Waals surface area (Å²) in [4.78, 5) is 25.2. The van der Waals surface area contributed by atoms with Crippen molar-refractivity contribution in [2.75, 3.05) is 12.4 Å². The van der Waals surface area contributed by atoms with Crippen LogP contribution < -0.4 is 5.32 Å². The minimum absolute atomic E-state index is 0.146. The van der Waals surface area contributed by atoms with Crippen LogP contribution in [0.2, 0.25) is 0 Å². The molecule has 0 saturated heterocycles. The number of thiophene rings is 1. The van der Waals surface area contributed by atoms with Gasteiger partial charge in [-0.2, -0.15) is 0 Å². The Balaban J connectivity index is 1.94. The quantitative estimate of drug-likeness (QED) is 0.872. The molecule has 0 radical (unpaired) electrons. The Hall–Kier alpha value is -2.28. The predicted molar refractivity (Wildman–Crippen MR) is 82.0 cm³/mol. The zero-order valence-corrected chi connectivity index (χ0v) is 13.1. The van der Waals surface area contributed by atoms with Crippen molar-refractivity contribution in [2.24, 2.45) is 0 Å². The van der Waals surface area contributed by atoms with E-state index < -0.39 is 23.5 Å². The second kappa shape index (κ2) is 6.08. The number of rotatable bonds is 3. The lowest BCUT2D eigenvalue weighted by Crippen LogP contribution is -2.15. The molecule has 120 valence electrons. The molecule has 23 heavy (non-hydrogen) atoms. The zero-order chi connectivity index (χ0) is 16.6. The first-order valence-corrected chi connectivity index (χ1v) is 7.81. The van der Waals surface area contributed by atoms with Crippen LogP contribution in [0.5, 0.6) is 0 Å². The number of amides is 1. The van der Waals surface area contributed by atoms with E-state index in [9.17, 15) is 18.4 Å². The van der Waals surface area contributed by atoms with Gasteiger partial charge in [0.25, 0.3) is 5.91 Å². The Morgan fingerprint density at radius 1 is 1.17 bits per heavy atom. The Kier molecular flexibility index (Phi) is 4.12. The van der Waals surface area contributed by atoms with Gasteiger partial charge in [-0.15, -0.1) is 11.3 Å². The molecule has 1 amide bonds. The van der Waals surface area contributed by atoms with Gasteiger partial charge in [-0.25, -0.2) is 13.6 Å². The van der Waals surface area contributed by atoms with Crippen molar-refractivity contribution in [1.29, 1.82) is 0 Å². The molecule has 0 aliphatic heterocycles. The summed E-state index contributed by atoms with van der Waals surface area (Å²) < 4.78 is 31.2. The predicted octanol–water partition coefficient (Wildman–Crippen LogP) is 3.55. The highest BCUT2D eigenvalue weighted by molar-refractivity contribution is 7.17. The van der Waals surface area contributed by atoms with Gasteiger partial charge in [-0.3, -0.25) is 4.79 Å². The molecule has 1 heterocycles. The fourth-order valence-electron chi connectivity index (χ4n) is 2.67. The lowest BCUT2D eigenvalue weighted by atomic mass is 10.1. The third kappa shape index (κ3) is 2.96. The number of hydrogen-bond donors (Lipinski definition) is 1. The largest absolute Gasteiger partial charge is 0.465 e. The maximum absolute atomic E-state index is 13.2. The summed E-state index contributed by atoms with van der Waals surface area (Å²) >= 11 is 1.30. The maximum atomic E-state index is 13.2. The Bertz CT molecular complexity index is 781. The summed E-state index contributed by atoms with van der Waals surface area (Å²) in [5, 5.41) is 2.93. The van der Waals surface area contributed by atoms with Crippen LogP contribution in [0.25, 0.3) is 0 Å². The van der Waals surface area contributed by atoms with E-state index in [1.165, 1.54) is 18.4 Å². The van der Waals surface area contributed by atoms with Crippen molar-refractivity contribution in [3.05, 3.63) is 51.4 Å². The van der Waals surface area contributed by atoms with Gasteiger partial charge < -0.3 is 10.1 Å². The number of benzene rings is 1. The standard InChI is InChI=1S/C16H13F2NO3S/c1-22-16(21)13-11-3-2-4-12(11)23-15(13)19-14(20)8-5-9(17)7-10(18)6-8/h5-7H,2-4H2,1H3,(H,19,20). The highest BCUT2D eigenvalue weighted by atomic mass is 32.1. The first-order chi connectivity index (χ1) is 11.0. The number of aryl methyl sites for hydroxylation is 1. The molecule has 0 fully saturated rings. The maximum Gasteiger partial charge on any atom is 0.341 e. The molecule has 4 nitrogen and oxygen atoms in total. The monoisotopic (exact) mass is 337 g/mol. The topological polar surface area (TPSA) is 55.4 Å². The first kappa shape index (κ1) is 15.6. The first-order valence-electron chi connectivity index (χ1n) is 7.00. The van der Waals surface area contributed by atoms with E-state index in [0.717, 1.165) is 41.8 Å². The number of methoxy groups -OCH3 is 1. The van der Waals surface area contributed by atoms with Crippen LogP contribution in [0.4, 0.5) is 13.8 Å². The van der Waals surface area contributed by atoms with E-state index in [1.807, 2.05) is 0 Å². The van der Waals surface area contributed by atoms with Crippen molar-refractivity contribution in [1.82, 2.24) is 0 Å². The van der Waals surface area contributed by atoms with Crippen molar-refractivity contribution in [3.63, 3.8) is 0 Å². The average Bonchev–Trinajstić information content (AvgIpc) is 3.05. The highest BCUT2D eigenvalue weighted by Gasteiger charge is 2.28. The van der Waals surface area contributed by atoms with Gasteiger partial charge in [-0.1, -0.05) is 0 Å². The van der Waals surface area contributed by atoms with E-state index in [1.54, 1.807) is 0 Å². The summed E-state index contributed by atoms with van der Waals surface area (Å²) in [5.41, 5.74) is 1.09. The van der Waals surface area contributed by atoms with E-state index >= 15 is 0 Å². The van der Waals surface area contributed by atoms with Gasteiger partial charge in [0.05, 0.1) is 12.7 Å². The molecular weight excluding hydrogens is 324 g/mol. The average molecular weight is 337 g/mol. The summed E-state index contributed by atoms with van der Waals surface area (Å²) in [6.07, 6.45) is 2.55. The fraction of sp³-hybridized carbons (Fsp3) is 0.250. The fourth-order valence-corrected chi connectivity index (χ4v) is 3.94. The van der Waals surface area contributed by atoms with Gasteiger partial charge >= 0.3 is 5.97 Å². The molecule has 7 heteroatoms. The van der Waals surface area contributed by atoms with E-state index in [2.05, 4.69) is 5.32 Å². The van der Waals surface area contributed by atoms with Crippen LogP contribution in [0.15, 0.2) is 18.2 Å². The number of carbonyl (C=O) groups is 2. The molecule has 0 saturated carbocycles. The van der Waals surface area contributed by atoms with Gasteiger partial charge in [0.15, 0.2) is 0 Å². The summed E-state index contributed by atoms with van der Waals surface area (Å²) in [7, 11) is 1.27. The number of esters is 1. The van der Waals surface area contributed by atoms with Gasteiger partial charge in [-0.05, 0) is 37.0 Å². The molecule has 0 unspecified atom stereocenters. The molecule has 1 aliphatic carbocycles. The van der Waals surface area contributed by atoms with Crippen LogP contribution in [-0.2, 0) is 17.6 Å². The lowest BCUT2D eigenvalue weighted by molar-refractivity contribution is 0.0601. The van der Waals surface area contributed by atoms with Crippen LogP contribution in [-0.4, -0.2) is 19.0 Å². The molecule has 1 aromatic carbocycles. The normalized spacial score (nSPS) is 12.8. The number of carbonyl (C=O) groups excluding carboxylic acids is 2. The minimum Gasteiger partial charge on any atom is -0.465 e. The van der Waals surface area contributed by atoms with Crippen LogP contribution in [0.1, 0.15) is 37.6 Å². The third-order valence-electron chi connectivity index (χ3n) is 3.66. The van der Waals surface area contributed by atoms with E-state index in [4.69, 9.17) is 4.74 Å². The number of halogens is 2.